The van der Waals surface area contributed by atoms with Gasteiger partial charge in [-0.3, -0.25) is 0 Å². The zero-order valence-corrected chi connectivity index (χ0v) is 17.3. The molecule has 1 aromatic carbocycles. The molecule has 4 heteroatoms. The first kappa shape index (κ1) is 18.8. The van der Waals surface area contributed by atoms with Crippen molar-refractivity contribution in [3.8, 4) is 16.6 Å². The van der Waals surface area contributed by atoms with Gasteiger partial charge in [0.25, 0.3) is 0 Å². The number of allylic oxidation sites excluding steroid dienone is 6. The van der Waals surface area contributed by atoms with Gasteiger partial charge in [-0.25, -0.2) is 0 Å². The summed E-state index contributed by atoms with van der Waals surface area (Å²) in [5.74, 6) is 0.711. The third kappa shape index (κ3) is 4.00. The maximum Gasteiger partial charge on any atom is 0.147 e. The molecular formula is C24H25N3S. The van der Waals surface area contributed by atoms with Crippen LogP contribution in [0, 0.1) is 17.2 Å². The zero-order chi connectivity index (χ0) is 19.5. The number of fused-ring (bicyclic) bond motifs is 1. The minimum absolute atomic E-state index is 0.184. The molecule has 0 aliphatic heterocycles. The molecule has 0 bridgehead atoms. The predicted molar refractivity (Wildman–Crippen MR) is 115 cm³/mol. The molecule has 2 aliphatic rings. The standard InChI is InChI=1S/C24H25N3S/c1-16(2)12-19-10-11-21(14-22(19)15-25)24-27-26-23(28-24)20-9-5-8-17-6-3-4-7-18(17)13-20/h5,8-11,13-14,16,20H,3-4,6-7,12H2,1-2H3. The van der Waals surface area contributed by atoms with Crippen LogP contribution in [0.15, 0.2) is 53.6 Å². The zero-order valence-electron chi connectivity index (χ0n) is 16.5. The number of benzene rings is 1. The van der Waals surface area contributed by atoms with E-state index in [1.54, 1.807) is 11.3 Å². The van der Waals surface area contributed by atoms with Gasteiger partial charge >= 0.3 is 0 Å². The summed E-state index contributed by atoms with van der Waals surface area (Å²) in [5, 5.41) is 20.4. The van der Waals surface area contributed by atoms with Gasteiger partial charge in [0.2, 0.25) is 0 Å². The van der Waals surface area contributed by atoms with Crippen LogP contribution in [-0.2, 0) is 6.42 Å². The summed E-state index contributed by atoms with van der Waals surface area (Å²) in [4.78, 5) is 0. The van der Waals surface area contributed by atoms with Gasteiger partial charge in [-0.15, -0.1) is 10.2 Å². The first-order valence-corrected chi connectivity index (χ1v) is 10.9. The molecule has 0 spiro atoms. The van der Waals surface area contributed by atoms with Crippen molar-refractivity contribution in [2.24, 2.45) is 5.92 Å². The fourth-order valence-corrected chi connectivity index (χ4v) is 4.86. The normalized spacial score (nSPS) is 18.9. The Morgan fingerprint density at radius 3 is 2.79 bits per heavy atom. The highest BCUT2D eigenvalue weighted by atomic mass is 32.1. The number of hydrogen-bond donors (Lipinski definition) is 0. The Labute approximate surface area is 171 Å². The number of rotatable bonds is 4. The molecule has 1 heterocycles. The Morgan fingerprint density at radius 1 is 1.18 bits per heavy atom. The van der Waals surface area contributed by atoms with Crippen molar-refractivity contribution in [2.75, 3.05) is 0 Å². The van der Waals surface area contributed by atoms with Crippen molar-refractivity contribution in [2.45, 2.75) is 51.9 Å². The summed E-state index contributed by atoms with van der Waals surface area (Å²) in [6.45, 7) is 4.35. The van der Waals surface area contributed by atoms with Gasteiger partial charge in [0.15, 0.2) is 0 Å². The minimum Gasteiger partial charge on any atom is -0.192 e. The first-order valence-electron chi connectivity index (χ1n) is 10.1. The van der Waals surface area contributed by atoms with Gasteiger partial charge in [-0.2, -0.15) is 5.26 Å². The van der Waals surface area contributed by atoms with Crippen molar-refractivity contribution >= 4 is 11.3 Å². The summed E-state index contributed by atoms with van der Waals surface area (Å²) in [6, 6.07) is 8.46. The Hall–Kier alpha value is -2.51. The topological polar surface area (TPSA) is 49.6 Å². The molecule has 0 radical (unpaired) electrons. The van der Waals surface area contributed by atoms with E-state index in [0.717, 1.165) is 33.1 Å². The lowest BCUT2D eigenvalue weighted by molar-refractivity contribution is 0.646. The van der Waals surface area contributed by atoms with E-state index in [-0.39, 0.29) is 5.92 Å². The molecule has 1 unspecified atom stereocenters. The molecular weight excluding hydrogens is 362 g/mol. The second kappa shape index (κ2) is 8.24. The molecule has 0 saturated heterocycles. The van der Waals surface area contributed by atoms with E-state index in [0.29, 0.717) is 5.92 Å². The highest BCUT2D eigenvalue weighted by Gasteiger charge is 2.19. The number of hydrogen-bond acceptors (Lipinski definition) is 4. The van der Waals surface area contributed by atoms with E-state index >= 15 is 0 Å². The molecule has 1 saturated carbocycles. The van der Waals surface area contributed by atoms with Crippen LogP contribution >= 0.6 is 11.3 Å². The summed E-state index contributed by atoms with van der Waals surface area (Å²) in [7, 11) is 0. The third-order valence-corrected chi connectivity index (χ3v) is 6.46. The molecule has 3 nitrogen and oxygen atoms in total. The van der Waals surface area contributed by atoms with E-state index in [2.05, 4.69) is 66.6 Å². The molecule has 1 atom stereocenters. The quantitative estimate of drug-likeness (QED) is 0.613. The molecule has 142 valence electrons. The van der Waals surface area contributed by atoms with Gasteiger partial charge in [0.1, 0.15) is 10.0 Å². The molecule has 4 rings (SSSR count). The largest absolute Gasteiger partial charge is 0.192 e. The van der Waals surface area contributed by atoms with E-state index < -0.39 is 0 Å². The summed E-state index contributed by atoms with van der Waals surface area (Å²) in [6.07, 6.45) is 14.8. The third-order valence-electron chi connectivity index (χ3n) is 5.38. The SMILES string of the molecule is CC(C)Cc1ccc(-c2nnc(C3C=CC=C4CCCCC4=C3)s2)cc1C#N. The van der Waals surface area contributed by atoms with Gasteiger partial charge < -0.3 is 0 Å². The lowest BCUT2D eigenvalue weighted by Gasteiger charge is -2.17. The monoisotopic (exact) mass is 387 g/mol. The van der Waals surface area contributed by atoms with Crippen LogP contribution < -0.4 is 0 Å². The van der Waals surface area contributed by atoms with E-state index in [1.807, 2.05) is 6.07 Å². The average molecular weight is 388 g/mol. The summed E-state index contributed by atoms with van der Waals surface area (Å²) < 4.78 is 0. The Balaban J connectivity index is 1.61. The van der Waals surface area contributed by atoms with Crippen molar-refractivity contribution in [1.82, 2.24) is 10.2 Å². The molecule has 1 aromatic heterocycles. The first-order chi connectivity index (χ1) is 13.6. The van der Waals surface area contributed by atoms with Crippen LogP contribution in [0.25, 0.3) is 10.6 Å². The van der Waals surface area contributed by atoms with E-state index in [1.165, 1.54) is 36.8 Å². The fraction of sp³-hybridized carbons (Fsp3) is 0.375. The molecule has 0 N–H and O–H groups in total. The molecule has 28 heavy (non-hydrogen) atoms. The highest BCUT2D eigenvalue weighted by Crippen LogP contribution is 2.36. The molecule has 2 aromatic rings. The average Bonchev–Trinajstić information content (AvgIpc) is 3.08. The van der Waals surface area contributed by atoms with Gasteiger partial charge in [-0.1, -0.05) is 61.6 Å². The summed E-state index contributed by atoms with van der Waals surface area (Å²) >= 11 is 1.63. The van der Waals surface area contributed by atoms with Crippen LogP contribution in [0.1, 0.15) is 61.6 Å². The van der Waals surface area contributed by atoms with Crippen molar-refractivity contribution in [1.29, 1.82) is 5.26 Å². The summed E-state index contributed by atoms with van der Waals surface area (Å²) in [5.41, 5.74) is 5.79. The lowest BCUT2D eigenvalue weighted by atomic mass is 9.88. The Morgan fingerprint density at radius 2 is 2.00 bits per heavy atom. The fourth-order valence-electron chi connectivity index (χ4n) is 3.97. The van der Waals surface area contributed by atoms with Gasteiger partial charge in [-0.05, 0) is 60.8 Å². The molecule has 2 aliphatic carbocycles. The smallest absolute Gasteiger partial charge is 0.147 e. The number of aromatic nitrogens is 2. The van der Waals surface area contributed by atoms with E-state index in [9.17, 15) is 5.26 Å². The van der Waals surface area contributed by atoms with Gasteiger partial charge in [0, 0.05) is 11.5 Å². The van der Waals surface area contributed by atoms with Crippen molar-refractivity contribution in [3.63, 3.8) is 0 Å². The Bertz CT molecular complexity index is 1000. The second-order valence-electron chi connectivity index (χ2n) is 8.03. The maximum atomic E-state index is 9.55. The maximum absolute atomic E-state index is 9.55. The predicted octanol–water partition coefficient (Wildman–Crippen LogP) is 6.36. The Kier molecular flexibility index (Phi) is 5.54. The number of nitrogens with zero attached hydrogens (tertiary/aromatic N) is 3. The van der Waals surface area contributed by atoms with Crippen LogP contribution in [0.5, 0.6) is 0 Å². The van der Waals surface area contributed by atoms with Crippen molar-refractivity contribution in [3.05, 3.63) is 69.8 Å². The van der Waals surface area contributed by atoms with Crippen LogP contribution in [-0.4, -0.2) is 10.2 Å². The number of nitriles is 1. The second-order valence-corrected chi connectivity index (χ2v) is 9.04. The minimum atomic E-state index is 0.184. The molecule has 0 amide bonds. The van der Waals surface area contributed by atoms with E-state index in [4.69, 9.17) is 0 Å². The van der Waals surface area contributed by atoms with Crippen LogP contribution in [0.3, 0.4) is 0 Å². The van der Waals surface area contributed by atoms with Crippen LogP contribution in [0.4, 0.5) is 0 Å². The van der Waals surface area contributed by atoms with Gasteiger partial charge in [0.05, 0.1) is 11.6 Å². The highest BCUT2D eigenvalue weighted by molar-refractivity contribution is 7.14. The van der Waals surface area contributed by atoms with Crippen LogP contribution in [0.2, 0.25) is 0 Å². The van der Waals surface area contributed by atoms with Crippen molar-refractivity contribution < 1.29 is 0 Å². The molecule has 1 fully saturated rings. The lowest BCUT2D eigenvalue weighted by Crippen LogP contribution is -2.00.